The quantitative estimate of drug-likeness (QED) is 0.592. The molecule has 2 saturated heterocycles. The average molecular weight is 479 g/mol. The van der Waals surface area contributed by atoms with Gasteiger partial charge in [-0.3, -0.25) is 9.59 Å². The number of fused-ring (bicyclic) bond motifs is 2. The van der Waals surface area contributed by atoms with Gasteiger partial charge in [0.25, 0.3) is 0 Å². The van der Waals surface area contributed by atoms with Crippen molar-refractivity contribution in [1.29, 1.82) is 0 Å². The van der Waals surface area contributed by atoms with Gasteiger partial charge in [0.1, 0.15) is 24.0 Å². The monoisotopic (exact) mass is 478 g/mol. The third-order valence-corrected chi connectivity index (χ3v) is 7.16. The molecule has 3 atom stereocenters. The molecule has 3 heterocycles. The number of rotatable bonds is 7. The van der Waals surface area contributed by atoms with Gasteiger partial charge in [-0.15, -0.1) is 0 Å². The number of carbonyl (C=O) groups is 2. The van der Waals surface area contributed by atoms with Crippen LogP contribution in [-0.4, -0.2) is 56.1 Å². The highest BCUT2D eigenvalue weighted by Crippen LogP contribution is 2.40. The van der Waals surface area contributed by atoms with Gasteiger partial charge in [0, 0.05) is 24.2 Å². The first kappa shape index (κ1) is 24.2. The summed E-state index contributed by atoms with van der Waals surface area (Å²) in [4.78, 5) is 31.3. The van der Waals surface area contributed by atoms with Gasteiger partial charge in [-0.2, -0.15) is 5.10 Å². The van der Waals surface area contributed by atoms with Crippen LogP contribution in [0.5, 0.6) is 0 Å². The fraction of sp³-hybridized carbons (Fsp3) is 0.565. The maximum Gasteiger partial charge on any atom is 0.247 e. The summed E-state index contributed by atoms with van der Waals surface area (Å²) in [5.41, 5.74) is 5.40. The van der Waals surface area contributed by atoms with Crippen LogP contribution < -0.4 is 11.1 Å². The van der Waals surface area contributed by atoms with Gasteiger partial charge < -0.3 is 16.0 Å². The van der Waals surface area contributed by atoms with Crippen molar-refractivity contribution in [3.8, 4) is 0 Å². The van der Waals surface area contributed by atoms with E-state index in [-0.39, 0.29) is 48.3 Å². The second-order valence-electron chi connectivity index (χ2n) is 9.72. The predicted octanol–water partition coefficient (Wildman–Crippen LogP) is 1.89. The molecule has 11 heteroatoms. The van der Waals surface area contributed by atoms with Gasteiger partial charge in [-0.05, 0) is 63.5 Å². The van der Waals surface area contributed by atoms with Crippen LogP contribution in [0.25, 0.3) is 0 Å². The Bertz CT molecular complexity index is 1050. The number of halogens is 3. The zero-order chi connectivity index (χ0) is 24.6. The first-order chi connectivity index (χ1) is 16.1. The Morgan fingerprint density at radius 1 is 1.15 bits per heavy atom. The normalized spacial score (nSPS) is 23.1. The lowest BCUT2D eigenvalue weighted by Crippen LogP contribution is -2.54. The smallest absolute Gasteiger partial charge is 0.247 e. The summed E-state index contributed by atoms with van der Waals surface area (Å²) in [6.07, 6.45) is 5.83. The van der Waals surface area contributed by atoms with Gasteiger partial charge in [-0.25, -0.2) is 22.8 Å². The Morgan fingerprint density at radius 3 is 2.41 bits per heavy atom. The lowest BCUT2D eigenvalue weighted by Gasteiger charge is -2.41. The number of hydrogen-bond donors (Lipinski definition) is 2. The van der Waals surface area contributed by atoms with Crippen LogP contribution in [0.3, 0.4) is 0 Å². The molecule has 2 fully saturated rings. The Hall–Kier alpha value is -2.95. The highest BCUT2D eigenvalue weighted by atomic mass is 19.2. The molecule has 0 radical (unpaired) electrons. The number of hydrogen-bond acceptors (Lipinski definition) is 5. The summed E-state index contributed by atoms with van der Waals surface area (Å²) >= 11 is 0. The van der Waals surface area contributed by atoms with Crippen molar-refractivity contribution in [2.24, 2.45) is 11.7 Å². The molecule has 1 aromatic heterocycles. The molecule has 8 nitrogen and oxygen atoms in total. The van der Waals surface area contributed by atoms with E-state index in [2.05, 4.69) is 15.4 Å². The third kappa shape index (κ3) is 4.66. The van der Waals surface area contributed by atoms with Gasteiger partial charge >= 0.3 is 0 Å². The Labute approximate surface area is 195 Å². The molecule has 0 spiro atoms. The minimum absolute atomic E-state index is 0.0164. The number of piperidine rings is 1. The van der Waals surface area contributed by atoms with Crippen molar-refractivity contribution in [1.82, 2.24) is 25.0 Å². The van der Waals surface area contributed by atoms with E-state index in [0.29, 0.717) is 18.9 Å². The molecule has 2 amide bonds. The maximum absolute atomic E-state index is 14.1. The lowest BCUT2D eigenvalue weighted by molar-refractivity contribution is -0.139. The zero-order valence-corrected chi connectivity index (χ0v) is 19.2. The predicted molar refractivity (Wildman–Crippen MR) is 117 cm³/mol. The molecule has 2 aromatic rings. The molecule has 3 N–H and O–H groups in total. The molecule has 0 aliphatic carbocycles. The molecule has 184 valence electrons. The van der Waals surface area contributed by atoms with Crippen LogP contribution in [0.1, 0.15) is 45.1 Å². The topological polar surface area (TPSA) is 106 Å². The van der Waals surface area contributed by atoms with Crippen LogP contribution in [-0.2, 0) is 21.5 Å². The van der Waals surface area contributed by atoms with Gasteiger partial charge in [0.2, 0.25) is 11.8 Å². The molecule has 34 heavy (non-hydrogen) atoms. The van der Waals surface area contributed by atoms with Crippen LogP contribution in [0.15, 0.2) is 24.8 Å². The molecule has 2 aliphatic heterocycles. The summed E-state index contributed by atoms with van der Waals surface area (Å²) in [7, 11) is 0. The van der Waals surface area contributed by atoms with E-state index in [1.165, 1.54) is 17.3 Å². The summed E-state index contributed by atoms with van der Waals surface area (Å²) in [6.45, 7) is 3.25. The first-order valence-corrected chi connectivity index (χ1v) is 11.4. The summed E-state index contributed by atoms with van der Waals surface area (Å²) in [5.74, 6) is -3.61. The molecule has 2 bridgehead atoms. The van der Waals surface area contributed by atoms with Crippen LogP contribution in [0.2, 0.25) is 0 Å². The summed E-state index contributed by atoms with van der Waals surface area (Å²) in [5, 5.41) is 6.71. The van der Waals surface area contributed by atoms with E-state index in [4.69, 9.17) is 5.73 Å². The van der Waals surface area contributed by atoms with E-state index in [1.807, 2.05) is 4.90 Å². The van der Waals surface area contributed by atoms with Crippen molar-refractivity contribution in [2.75, 3.05) is 6.54 Å². The number of nitrogens with one attached hydrogen (secondary N) is 1. The molecule has 0 saturated carbocycles. The van der Waals surface area contributed by atoms with E-state index >= 15 is 0 Å². The number of amides is 2. The lowest BCUT2D eigenvalue weighted by atomic mass is 9.82. The van der Waals surface area contributed by atoms with Gasteiger partial charge in [0.05, 0.1) is 6.54 Å². The van der Waals surface area contributed by atoms with Gasteiger partial charge in [-0.1, -0.05) is 0 Å². The molecule has 1 aromatic carbocycles. The summed E-state index contributed by atoms with van der Waals surface area (Å²) < 4.78 is 42.2. The number of benzene rings is 1. The standard InChI is InChI=1S/C23H29F3N6O2/c1-23(2,31-12-28-11-30-31)22(34)29-10-21(33)32-15-3-4-16(32)6-14(5-15)20(27)8-13-7-18(25)19(26)9-17(13)24/h7,9,11-12,14-16,20H,3-6,8,10,27H2,1-2H3,(H,29,34)/t14?,15?,16?,20-/m1/s1. The SMILES string of the molecule is CC(C)(C(=O)NCC(=O)N1C2CCC1CC([C@H](N)Cc1cc(F)c(F)cc1F)C2)n1cncn1. The largest absolute Gasteiger partial charge is 0.345 e. The second-order valence-corrected chi connectivity index (χ2v) is 9.72. The Balaban J connectivity index is 1.34. The maximum atomic E-state index is 14.1. The Morgan fingerprint density at radius 2 is 1.79 bits per heavy atom. The molecular weight excluding hydrogens is 449 g/mol. The van der Waals surface area contributed by atoms with E-state index in [0.717, 1.165) is 18.9 Å². The zero-order valence-electron chi connectivity index (χ0n) is 19.2. The minimum Gasteiger partial charge on any atom is -0.345 e. The number of carbonyl (C=O) groups excluding carboxylic acids is 2. The van der Waals surface area contributed by atoms with Crippen molar-refractivity contribution in [3.05, 3.63) is 47.8 Å². The van der Waals surface area contributed by atoms with E-state index in [1.54, 1.807) is 13.8 Å². The van der Waals surface area contributed by atoms with Crippen LogP contribution >= 0.6 is 0 Å². The second kappa shape index (κ2) is 9.36. The number of aromatic nitrogens is 3. The highest BCUT2D eigenvalue weighted by molar-refractivity contribution is 5.88. The van der Waals surface area contributed by atoms with Gasteiger partial charge in [0.15, 0.2) is 11.6 Å². The summed E-state index contributed by atoms with van der Waals surface area (Å²) in [6, 6.07) is 0.930. The van der Waals surface area contributed by atoms with E-state index < -0.39 is 29.0 Å². The first-order valence-electron chi connectivity index (χ1n) is 11.4. The van der Waals surface area contributed by atoms with Crippen molar-refractivity contribution >= 4 is 11.8 Å². The fourth-order valence-corrected chi connectivity index (χ4v) is 5.18. The van der Waals surface area contributed by atoms with Crippen molar-refractivity contribution < 1.29 is 22.8 Å². The minimum atomic E-state index is -1.23. The number of nitrogens with zero attached hydrogens (tertiary/aromatic N) is 4. The Kier molecular flexibility index (Phi) is 6.66. The third-order valence-electron chi connectivity index (χ3n) is 7.16. The average Bonchev–Trinajstić information content (AvgIpc) is 3.42. The van der Waals surface area contributed by atoms with Crippen LogP contribution in [0.4, 0.5) is 13.2 Å². The van der Waals surface area contributed by atoms with Crippen LogP contribution in [0, 0.1) is 23.4 Å². The molecular formula is C23H29F3N6O2. The highest BCUT2D eigenvalue weighted by Gasteiger charge is 2.44. The fourth-order valence-electron chi connectivity index (χ4n) is 5.18. The molecule has 4 rings (SSSR count). The van der Waals surface area contributed by atoms with Crippen molar-refractivity contribution in [3.63, 3.8) is 0 Å². The molecule has 2 aliphatic rings. The molecule has 2 unspecified atom stereocenters. The van der Waals surface area contributed by atoms with Crippen molar-refractivity contribution in [2.45, 2.75) is 69.6 Å². The number of nitrogens with two attached hydrogens (primary N) is 1. The van der Waals surface area contributed by atoms with E-state index in [9.17, 15) is 22.8 Å².